The molecule has 0 saturated carbocycles. The van der Waals surface area contributed by atoms with Crippen LogP contribution in [0.3, 0.4) is 0 Å². The number of nitrogens with two attached hydrogens (primary N) is 1. The summed E-state index contributed by atoms with van der Waals surface area (Å²) in [6.07, 6.45) is 3.28. The van der Waals surface area contributed by atoms with Crippen LogP contribution in [0.2, 0.25) is 0 Å². The first-order chi connectivity index (χ1) is 4.41. The van der Waals surface area contributed by atoms with Gasteiger partial charge in [0.15, 0.2) is 0 Å². The Hall–Kier alpha value is 0.504. The maximum absolute atomic E-state index is 5.29. The SMILES string of the molecule is [CH2-]CCCNCCCN.[V]. The van der Waals surface area contributed by atoms with Crippen molar-refractivity contribution in [3.63, 3.8) is 0 Å². The van der Waals surface area contributed by atoms with Gasteiger partial charge in [0.2, 0.25) is 0 Å². The van der Waals surface area contributed by atoms with Gasteiger partial charge in [0.1, 0.15) is 0 Å². The Kier molecular flexibility index (Phi) is 16.0. The zero-order valence-electron chi connectivity index (χ0n) is 6.47. The van der Waals surface area contributed by atoms with Crippen LogP contribution < -0.4 is 11.1 Å². The number of rotatable bonds is 6. The fraction of sp³-hybridized carbons (Fsp3) is 0.857. The van der Waals surface area contributed by atoms with Gasteiger partial charge in [0.05, 0.1) is 0 Å². The van der Waals surface area contributed by atoms with Crippen molar-refractivity contribution in [2.45, 2.75) is 19.3 Å². The minimum atomic E-state index is 0. The van der Waals surface area contributed by atoms with E-state index in [1.807, 2.05) is 0 Å². The first kappa shape index (κ1) is 13.1. The van der Waals surface area contributed by atoms with E-state index in [-0.39, 0.29) is 18.6 Å². The molecule has 0 saturated heterocycles. The summed E-state index contributed by atoms with van der Waals surface area (Å²) in [6, 6.07) is 0. The summed E-state index contributed by atoms with van der Waals surface area (Å²) in [4.78, 5) is 0. The molecule has 61 valence electrons. The molecule has 2 nitrogen and oxygen atoms in total. The van der Waals surface area contributed by atoms with E-state index in [4.69, 9.17) is 5.73 Å². The van der Waals surface area contributed by atoms with Crippen LogP contribution in [0.5, 0.6) is 0 Å². The van der Waals surface area contributed by atoms with Crippen LogP contribution in [0.4, 0.5) is 0 Å². The van der Waals surface area contributed by atoms with E-state index < -0.39 is 0 Å². The van der Waals surface area contributed by atoms with Gasteiger partial charge in [-0.25, -0.2) is 0 Å². The Morgan fingerprint density at radius 1 is 1.20 bits per heavy atom. The summed E-state index contributed by atoms with van der Waals surface area (Å²) < 4.78 is 0. The molecule has 0 amide bonds. The molecule has 1 radical (unpaired) electrons. The predicted octanol–water partition coefficient (Wildman–Crippen LogP) is 0.537. The molecule has 0 aromatic heterocycles. The second kappa shape index (κ2) is 12.2. The van der Waals surface area contributed by atoms with Crippen LogP contribution >= 0.6 is 0 Å². The minimum absolute atomic E-state index is 0. The maximum Gasteiger partial charge on any atom is 0 e. The van der Waals surface area contributed by atoms with E-state index in [0.717, 1.165) is 32.5 Å². The Morgan fingerprint density at radius 2 is 1.80 bits per heavy atom. The van der Waals surface area contributed by atoms with Crippen molar-refractivity contribution >= 4 is 0 Å². The molecule has 0 bridgehead atoms. The molecule has 0 atom stereocenters. The van der Waals surface area contributed by atoms with Crippen molar-refractivity contribution in [1.82, 2.24) is 5.32 Å². The van der Waals surface area contributed by atoms with Crippen molar-refractivity contribution in [2.24, 2.45) is 5.73 Å². The number of nitrogens with one attached hydrogen (secondary N) is 1. The first-order valence-corrected chi connectivity index (χ1v) is 3.62. The molecule has 0 aliphatic carbocycles. The molecule has 0 spiro atoms. The third-order valence-corrected chi connectivity index (χ3v) is 1.16. The molecule has 0 unspecified atom stereocenters. The van der Waals surface area contributed by atoms with Crippen molar-refractivity contribution in [1.29, 1.82) is 0 Å². The molecule has 3 heteroatoms. The first-order valence-electron chi connectivity index (χ1n) is 3.62. The van der Waals surface area contributed by atoms with E-state index in [9.17, 15) is 0 Å². The topological polar surface area (TPSA) is 38.0 Å². The molecule has 0 aromatic rings. The second-order valence-electron chi connectivity index (χ2n) is 2.10. The average Bonchev–Trinajstić information content (AvgIpc) is 1.89. The van der Waals surface area contributed by atoms with Crippen LogP contribution in [0, 0.1) is 6.92 Å². The average molecular weight is 180 g/mol. The fourth-order valence-electron chi connectivity index (χ4n) is 0.602. The van der Waals surface area contributed by atoms with Crippen LogP contribution in [0.15, 0.2) is 0 Å². The molecule has 0 heterocycles. The molecule has 3 N–H and O–H groups in total. The summed E-state index contributed by atoms with van der Waals surface area (Å²) in [6.45, 7) is 6.67. The third kappa shape index (κ3) is 11.3. The summed E-state index contributed by atoms with van der Waals surface area (Å²) in [5.41, 5.74) is 5.29. The monoisotopic (exact) mass is 180 g/mol. The van der Waals surface area contributed by atoms with Gasteiger partial charge in [-0.05, 0) is 26.1 Å². The molecular weight excluding hydrogens is 163 g/mol. The molecule has 0 aromatic carbocycles. The Balaban J connectivity index is 0. The van der Waals surface area contributed by atoms with Crippen molar-refractivity contribution < 1.29 is 18.6 Å². The molecular formula is C7H17N2V-. The van der Waals surface area contributed by atoms with Crippen molar-refractivity contribution in [2.75, 3.05) is 19.6 Å². The van der Waals surface area contributed by atoms with E-state index in [1.165, 1.54) is 6.42 Å². The normalized spacial score (nSPS) is 9.00. The van der Waals surface area contributed by atoms with Crippen LogP contribution in [-0.2, 0) is 18.6 Å². The number of hydrogen-bond donors (Lipinski definition) is 2. The molecule has 0 aliphatic heterocycles. The summed E-state index contributed by atoms with van der Waals surface area (Å²) in [7, 11) is 0. The number of hydrogen-bond acceptors (Lipinski definition) is 2. The molecule has 0 rings (SSSR count). The van der Waals surface area contributed by atoms with Gasteiger partial charge in [-0.2, -0.15) is 6.42 Å². The molecule has 0 fully saturated rings. The van der Waals surface area contributed by atoms with E-state index in [2.05, 4.69) is 12.2 Å². The van der Waals surface area contributed by atoms with Crippen LogP contribution in [-0.4, -0.2) is 19.6 Å². The van der Waals surface area contributed by atoms with Crippen molar-refractivity contribution in [3.8, 4) is 0 Å². The van der Waals surface area contributed by atoms with E-state index in [1.54, 1.807) is 0 Å². The zero-order chi connectivity index (χ0) is 6.95. The van der Waals surface area contributed by atoms with Gasteiger partial charge in [-0.15, -0.1) is 0 Å². The van der Waals surface area contributed by atoms with Gasteiger partial charge in [-0.1, -0.05) is 6.42 Å². The van der Waals surface area contributed by atoms with Gasteiger partial charge in [0.25, 0.3) is 0 Å². The zero-order valence-corrected chi connectivity index (χ0v) is 7.87. The number of unbranched alkanes of at least 4 members (excludes halogenated alkanes) is 1. The largest absolute Gasteiger partial charge is 0.343 e. The third-order valence-electron chi connectivity index (χ3n) is 1.16. The summed E-state index contributed by atoms with van der Waals surface area (Å²) >= 11 is 0. The molecule has 0 aliphatic rings. The Bertz CT molecular complexity index is 44.9. The van der Waals surface area contributed by atoms with Gasteiger partial charge in [-0.3, -0.25) is 0 Å². The summed E-state index contributed by atoms with van der Waals surface area (Å²) in [5, 5.41) is 3.27. The van der Waals surface area contributed by atoms with Crippen molar-refractivity contribution in [3.05, 3.63) is 6.92 Å². The minimum Gasteiger partial charge on any atom is -0.343 e. The quantitative estimate of drug-likeness (QED) is 0.462. The standard InChI is InChI=1S/C7H17N2.V/c1-2-3-6-9-7-4-5-8;/h9H,1-8H2;/q-1;. The smallest absolute Gasteiger partial charge is 0 e. The molecule has 10 heavy (non-hydrogen) atoms. The Labute approximate surface area is 75.8 Å². The van der Waals surface area contributed by atoms with Gasteiger partial charge < -0.3 is 18.0 Å². The maximum atomic E-state index is 5.29. The Morgan fingerprint density at radius 3 is 2.30 bits per heavy atom. The summed E-state index contributed by atoms with van der Waals surface area (Å²) in [5.74, 6) is 0. The van der Waals surface area contributed by atoms with Gasteiger partial charge in [0, 0.05) is 18.6 Å². The van der Waals surface area contributed by atoms with Crippen LogP contribution in [0.1, 0.15) is 19.3 Å². The fourth-order valence-corrected chi connectivity index (χ4v) is 0.602. The van der Waals surface area contributed by atoms with Gasteiger partial charge >= 0.3 is 0 Å². The predicted molar refractivity (Wildman–Crippen MR) is 41.1 cm³/mol. The van der Waals surface area contributed by atoms with E-state index in [0.29, 0.717) is 0 Å². The van der Waals surface area contributed by atoms with Crippen LogP contribution in [0.25, 0.3) is 0 Å². The van der Waals surface area contributed by atoms with E-state index >= 15 is 0 Å². The second-order valence-corrected chi connectivity index (χ2v) is 2.10.